The molecule has 3 atom stereocenters. The molecule has 9 rings (SSSR count). The monoisotopic (exact) mass is 1160 g/mol. The van der Waals surface area contributed by atoms with Gasteiger partial charge in [0, 0.05) is 86.2 Å². The van der Waals surface area contributed by atoms with Gasteiger partial charge in [-0.25, -0.2) is 4.98 Å². The van der Waals surface area contributed by atoms with Crippen LogP contribution in [-0.4, -0.2) is 127 Å². The van der Waals surface area contributed by atoms with Crippen molar-refractivity contribution < 1.29 is 42.3 Å². The van der Waals surface area contributed by atoms with Crippen molar-refractivity contribution in [3.8, 4) is 21.6 Å². The number of aliphatic hydroxyl groups is 1. The molecular weight excluding hydrogens is 1090 g/mol. The highest BCUT2D eigenvalue weighted by molar-refractivity contribution is 7.13. The molecule has 0 bridgehead atoms. The number of piperazine rings is 1. The Morgan fingerprint density at radius 2 is 1.54 bits per heavy atom. The highest BCUT2D eigenvalue weighted by Gasteiger charge is 2.44. The number of nitrogens with one attached hydrogen (secondary N) is 5. The number of H-pyrrole nitrogens is 1. The number of thiazole rings is 1. The molecule has 2 fully saturated rings. The quantitative estimate of drug-likeness (QED) is 0.0372. The van der Waals surface area contributed by atoms with Gasteiger partial charge in [-0.15, -0.1) is 11.3 Å². The number of aromatic amines is 1. The molecule has 5 amide bonds. The Bertz CT molecular complexity index is 3420. The molecule has 0 spiro atoms. The standard InChI is InChI=1S/C61H71F3N12O6S/c1-38-12-20-45(30-49(38)61(62,63)64)68-53(79)36-75-34-44(33-67-75)43-19-23-48-50(29-43)71-72-56(48)70-57(80)42-17-21-46(22-18-42)74-27-25-73(26-28-74)24-10-8-6-7-9-11-52(78)69-55(60(3,4)5)59(82)76-35-47(77)31-51(76)58(81)65-32-40-13-15-41(16-14-40)54-39(2)66-37-83-54/h12-23,29-30,33-34,37,47,51,55,77H,6-11,24-28,31-32,35-36H2,1-5H3,(H,65,81)(H,68,79)(H,69,78)(H2,70,71,72,80)/t47-,51+,55-/m1/s1. The van der Waals surface area contributed by atoms with Crippen LogP contribution < -0.4 is 26.2 Å². The Morgan fingerprint density at radius 3 is 2.25 bits per heavy atom. The third-order valence-corrected chi connectivity index (χ3v) is 16.3. The van der Waals surface area contributed by atoms with Crippen LogP contribution in [0.3, 0.4) is 0 Å². The fourth-order valence-corrected chi connectivity index (χ4v) is 11.5. The number of rotatable bonds is 21. The lowest BCUT2D eigenvalue weighted by Gasteiger charge is -2.36. The third kappa shape index (κ3) is 15.2. The first-order valence-electron chi connectivity index (χ1n) is 28.1. The first-order valence-corrected chi connectivity index (χ1v) is 29.0. The number of benzene rings is 4. The lowest BCUT2D eigenvalue weighted by Crippen LogP contribution is -2.57. The Kier molecular flexibility index (Phi) is 18.8. The molecular formula is C61H71F3N12O6S. The number of hydrogen-bond acceptors (Lipinski definition) is 12. The number of halogens is 3. The largest absolute Gasteiger partial charge is 0.416 e. The van der Waals surface area contributed by atoms with E-state index in [4.69, 9.17) is 0 Å². The van der Waals surface area contributed by atoms with E-state index in [1.165, 1.54) is 28.6 Å². The number of aromatic nitrogens is 5. The van der Waals surface area contributed by atoms with Crippen molar-refractivity contribution in [2.24, 2.45) is 5.41 Å². The Balaban J connectivity index is 0.653. The number of β-amino-alcohol motifs (C(OH)–C–C–N with tert-alkyl or cyclic N) is 1. The zero-order chi connectivity index (χ0) is 59.0. The molecule has 0 unspecified atom stereocenters. The van der Waals surface area contributed by atoms with Gasteiger partial charge in [0.1, 0.15) is 18.6 Å². The lowest BCUT2D eigenvalue weighted by molar-refractivity contribution is -0.144. The van der Waals surface area contributed by atoms with Crippen LogP contribution in [0.15, 0.2) is 103 Å². The minimum Gasteiger partial charge on any atom is -0.391 e. The van der Waals surface area contributed by atoms with Crippen molar-refractivity contribution in [1.29, 1.82) is 0 Å². The van der Waals surface area contributed by atoms with Crippen LogP contribution >= 0.6 is 11.3 Å². The molecule has 2 saturated heterocycles. The number of likely N-dealkylation sites (tertiary alicyclic amines) is 1. The number of fused-ring (bicyclic) bond motifs is 1. The molecule has 0 aliphatic carbocycles. The van der Waals surface area contributed by atoms with Crippen molar-refractivity contribution in [1.82, 2.24) is 45.4 Å². The SMILES string of the molecule is Cc1ccc(NC(=O)Cn2cc(-c3ccc4c(NC(=O)c5ccc(N6CCN(CCCCCCCC(=O)N[C@H](C(=O)N7C[C@H](O)C[C@H]7C(=O)NCc7ccc(-c8scnc8C)cc7)C(C)(C)C)CC6)cc5)n[nH]c4c3)cn2)cc1C(F)(F)F. The van der Waals surface area contributed by atoms with Gasteiger partial charge in [-0.2, -0.15) is 23.4 Å². The summed E-state index contributed by atoms with van der Waals surface area (Å²) in [6, 6.07) is 22.9. The van der Waals surface area contributed by atoms with Crippen molar-refractivity contribution in [2.45, 2.75) is 117 Å². The third-order valence-electron chi connectivity index (χ3n) is 15.4. The number of hydrogen-bond donors (Lipinski definition) is 6. The fraction of sp³-hybridized carbons (Fsp3) is 0.410. The molecule has 5 heterocycles. The lowest BCUT2D eigenvalue weighted by atomic mass is 9.85. The first kappa shape index (κ1) is 59.7. The number of amides is 5. The van der Waals surface area contributed by atoms with Crippen molar-refractivity contribution >= 4 is 69.0 Å². The minimum atomic E-state index is -4.54. The van der Waals surface area contributed by atoms with Crippen LogP contribution in [0, 0.1) is 19.3 Å². The molecule has 6 N–H and O–H groups in total. The summed E-state index contributed by atoms with van der Waals surface area (Å²) in [6.45, 7) is 13.6. The van der Waals surface area contributed by atoms with Gasteiger partial charge in [-0.1, -0.05) is 76.4 Å². The topological polar surface area (TPSA) is 223 Å². The maximum atomic E-state index is 14.1. The van der Waals surface area contributed by atoms with E-state index >= 15 is 0 Å². The predicted molar refractivity (Wildman–Crippen MR) is 315 cm³/mol. The molecule has 2 aliphatic heterocycles. The number of unbranched alkanes of at least 4 members (excludes halogenated alkanes) is 4. The van der Waals surface area contributed by atoms with E-state index in [2.05, 4.69) is 51.3 Å². The number of anilines is 3. The molecule has 2 aliphatic rings. The number of aryl methyl sites for hydroxylation is 2. The minimum absolute atomic E-state index is 0.0180. The molecule has 3 aromatic heterocycles. The van der Waals surface area contributed by atoms with Gasteiger partial charge in [0.25, 0.3) is 5.91 Å². The van der Waals surface area contributed by atoms with Gasteiger partial charge in [0.2, 0.25) is 23.6 Å². The van der Waals surface area contributed by atoms with E-state index in [0.29, 0.717) is 34.3 Å². The van der Waals surface area contributed by atoms with Gasteiger partial charge >= 0.3 is 6.18 Å². The Hall–Kier alpha value is -7.95. The summed E-state index contributed by atoms with van der Waals surface area (Å²) in [5.41, 5.74) is 7.04. The number of carbonyl (C=O) groups is 5. The predicted octanol–water partition coefficient (Wildman–Crippen LogP) is 9.35. The van der Waals surface area contributed by atoms with E-state index in [1.807, 2.05) is 87.8 Å². The molecule has 0 radical (unpaired) electrons. The molecule has 438 valence electrons. The molecule has 22 heteroatoms. The average Bonchev–Trinajstić information content (AvgIpc) is 4.17. The van der Waals surface area contributed by atoms with E-state index in [0.717, 1.165) is 97.4 Å². The zero-order valence-electron chi connectivity index (χ0n) is 47.3. The smallest absolute Gasteiger partial charge is 0.391 e. The van der Waals surface area contributed by atoms with Gasteiger partial charge in [-0.05, 0) is 109 Å². The van der Waals surface area contributed by atoms with Crippen LogP contribution in [0.5, 0.6) is 0 Å². The van der Waals surface area contributed by atoms with Crippen molar-refractivity contribution in [2.75, 3.05) is 54.8 Å². The molecule has 4 aromatic carbocycles. The van der Waals surface area contributed by atoms with Gasteiger partial charge < -0.3 is 36.2 Å². The van der Waals surface area contributed by atoms with Crippen molar-refractivity contribution in [3.05, 3.63) is 131 Å². The average molecular weight is 1160 g/mol. The highest BCUT2D eigenvalue weighted by Crippen LogP contribution is 2.34. The normalized spacial score (nSPS) is 16.3. The summed E-state index contributed by atoms with van der Waals surface area (Å²) >= 11 is 1.58. The van der Waals surface area contributed by atoms with Crippen LogP contribution in [-0.2, 0) is 38.4 Å². The summed E-state index contributed by atoms with van der Waals surface area (Å²) in [5.74, 6) is -1.40. The highest BCUT2D eigenvalue weighted by atomic mass is 32.1. The number of nitrogens with zero attached hydrogens (tertiary/aromatic N) is 7. The van der Waals surface area contributed by atoms with Crippen LogP contribution in [0.4, 0.5) is 30.4 Å². The van der Waals surface area contributed by atoms with E-state index in [1.54, 1.807) is 35.9 Å². The second-order valence-electron chi connectivity index (χ2n) is 22.6. The first-order chi connectivity index (χ1) is 39.7. The zero-order valence-corrected chi connectivity index (χ0v) is 48.1. The number of carbonyl (C=O) groups excluding carboxylic acids is 5. The van der Waals surface area contributed by atoms with Crippen molar-refractivity contribution in [3.63, 3.8) is 0 Å². The maximum absolute atomic E-state index is 14.1. The van der Waals surface area contributed by atoms with Crippen LogP contribution in [0.2, 0.25) is 0 Å². The summed E-state index contributed by atoms with van der Waals surface area (Å²) in [5, 5.41) is 34.3. The van der Waals surface area contributed by atoms with E-state index < -0.39 is 41.2 Å². The summed E-state index contributed by atoms with van der Waals surface area (Å²) in [7, 11) is 0. The summed E-state index contributed by atoms with van der Waals surface area (Å²) < 4.78 is 41.5. The second-order valence-corrected chi connectivity index (χ2v) is 23.5. The summed E-state index contributed by atoms with van der Waals surface area (Å²) in [4.78, 5) is 78.6. The molecule has 0 saturated carbocycles. The fourth-order valence-electron chi connectivity index (χ4n) is 10.6. The molecule has 7 aromatic rings. The molecule has 83 heavy (non-hydrogen) atoms. The van der Waals surface area contributed by atoms with Gasteiger partial charge in [0.05, 0.1) is 39.5 Å². The van der Waals surface area contributed by atoms with E-state index in [-0.39, 0.29) is 67.4 Å². The molecule has 18 nitrogen and oxygen atoms in total. The number of alkyl halides is 3. The van der Waals surface area contributed by atoms with Crippen LogP contribution in [0.1, 0.15) is 98.5 Å². The van der Waals surface area contributed by atoms with Crippen LogP contribution in [0.25, 0.3) is 32.5 Å². The Morgan fingerprint density at radius 1 is 0.819 bits per heavy atom. The van der Waals surface area contributed by atoms with Gasteiger partial charge in [-0.3, -0.25) is 38.7 Å². The number of aliphatic hydroxyl groups excluding tert-OH is 1. The summed E-state index contributed by atoms with van der Waals surface area (Å²) in [6.07, 6.45) is 2.92. The maximum Gasteiger partial charge on any atom is 0.416 e. The van der Waals surface area contributed by atoms with E-state index in [9.17, 15) is 42.3 Å². The second kappa shape index (κ2) is 26.1. The Labute approximate surface area is 484 Å². The van der Waals surface area contributed by atoms with Gasteiger partial charge in [0.15, 0.2) is 5.82 Å².